The van der Waals surface area contributed by atoms with Crippen LogP contribution in [0.1, 0.15) is 5.56 Å². The van der Waals surface area contributed by atoms with Crippen LogP contribution in [0, 0.1) is 24.9 Å². The molecule has 0 bridgehead atoms. The number of aryl methyl sites for hydroxylation is 1. The van der Waals surface area contributed by atoms with Crippen molar-refractivity contribution < 1.29 is 24.5 Å². The molecule has 2 aromatic heterocycles. The van der Waals surface area contributed by atoms with Crippen LogP contribution in [0.4, 0.5) is 4.39 Å². The predicted octanol–water partition coefficient (Wildman–Crippen LogP) is 7.21. The molecule has 3 aromatic carbocycles. The van der Waals surface area contributed by atoms with E-state index in [9.17, 15) is 4.39 Å². The molecule has 0 fully saturated rings. The molecule has 33 heavy (non-hydrogen) atoms. The third-order valence-electron chi connectivity index (χ3n) is 4.91. The number of nitrogens with zero attached hydrogens (tertiary/aromatic N) is 2. The molecule has 0 aliphatic rings. The zero-order valence-corrected chi connectivity index (χ0v) is 20.4. The summed E-state index contributed by atoms with van der Waals surface area (Å²) < 4.78 is 14.0. The van der Waals surface area contributed by atoms with Crippen molar-refractivity contribution in [2.75, 3.05) is 0 Å². The molecule has 0 aliphatic carbocycles. The van der Waals surface area contributed by atoms with E-state index >= 15 is 0 Å². The zero-order chi connectivity index (χ0) is 22.2. The molecule has 2 nitrogen and oxygen atoms in total. The second-order valence-corrected chi connectivity index (χ2v) is 7.10. The Labute approximate surface area is 207 Å². The Kier molecular flexibility index (Phi) is 8.77. The Balaban J connectivity index is 0.000000202. The van der Waals surface area contributed by atoms with Crippen LogP contribution in [0.3, 0.4) is 0 Å². The first-order valence-electron chi connectivity index (χ1n) is 10.3. The number of benzene rings is 3. The molecule has 0 unspecified atom stereocenters. The summed E-state index contributed by atoms with van der Waals surface area (Å²) in [5, 5.41) is 0. The molecule has 5 rings (SSSR count). The summed E-state index contributed by atoms with van der Waals surface area (Å²) in [6, 6.07) is 36.4. The van der Waals surface area contributed by atoms with Crippen molar-refractivity contribution in [2.24, 2.45) is 0 Å². The molecule has 0 amide bonds. The predicted molar refractivity (Wildman–Crippen MR) is 127 cm³/mol. The van der Waals surface area contributed by atoms with Gasteiger partial charge in [0.2, 0.25) is 0 Å². The van der Waals surface area contributed by atoms with Crippen LogP contribution in [0.5, 0.6) is 0 Å². The second kappa shape index (κ2) is 12.0. The summed E-state index contributed by atoms with van der Waals surface area (Å²) >= 11 is 0. The van der Waals surface area contributed by atoms with E-state index in [0.29, 0.717) is 11.3 Å². The Morgan fingerprint density at radius 2 is 1.45 bits per heavy atom. The van der Waals surface area contributed by atoms with Crippen LogP contribution in [0.25, 0.3) is 33.6 Å². The van der Waals surface area contributed by atoms with Crippen molar-refractivity contribution in [1.82, 2.24) is 9.97 Å². The van der Waals surface area contributed by atoms with Gasteiger partial charge in [-0.05, 0) is 47.1 Å². The average molecular weight is 609 g/mol. The van der Waals surface area contributed by atoms with Crippen molar-refractivity contribution in [3.8, 4) is 33.6 Å². The van der Waals surface area contributed by atoms with Crippen molar-refractivity contribution in [3.05, 3.63) is 133 Å². The number of rotatable bonds is 3. The maximum absolute atomic E-state index is 14.0. The van der Waals surface area contributed by atoms with Gasteiger partial charge in [-0.2, -0.15) is 0 Å². The number of aromatic nitrogens is 2. The molecule has 5 aromatic rings. The fraction of sp³-hybridized carbons (Fsp3) is 0.0345. The molecule has 165 valence electrons. The van der Waals surface area contributed by atoms with Gasteiger partial charge in [-0.15, -0.1) is 60.2 Å². The standard InChI is InChI=1S/C18H13FN.C11H8N.Ir/c1-13-11-12-20-18(15-9-5-6-10-16(15)19)17(13)14-7-3-2-4-8-14;1-2-6-10(7-3-1)11-8-4-5-9-12-11;/h2-8,10-12H,1H3;1-6,8-9H;/q2*-1;. The first kappa shape index (κ1) is 24.2. The normalized spacial score (nSPS) is 9.88. The van der Waals surface area contributed by atoms with Crippen molar-refractivity contribution in [1.29, 1.82) is 0 Å². The van der Waals surface area contributed by atoms with E-state index in [1.807, 2.05) is 85.8 Å². The van der Waals surface area contributed by atoms with E-state index in [0.717, 1.165) is 27.9 Å². The van der Waals surface area contributed by atoms with Gasteiger partial charge >= 0.3 is 0 Å². The van der Waals surface area contributed by atoms with Crippen LogP contribution in [-0.4, -0.2) is 9.97 Å². The van der Waals surface area contributed by atoms with Crippen molar-refractivity contribution in [3.63, 3.8) is 0 Å². The van der Waals surface area contributed by atoms with E-state index in [1.165, 1.54) is 6.07 Å². The monoisotopic (exact) mass is 609 g/mol. The Bertz CT molecular complexity index is 1240. The Morgan fingerprint density at radius 3 is 2.15 bits per heavy atom. The van der Waals surface area contributed by atoms with Gasteiger partial charge in [0.15, 0.2) is 0 Å². The van der Waals surface area contributed by atoms with Crippen LogP contribution in [0.2, 0.25) is 0 Å². The van der Waals surface area contributed by atoms with Gasteiger partial charge in [0, 0.05) is 38.3 Å². The fourth-order valence-corrected chi connectivity index (χ4v) is 3.39. The van der Waals surface area contributed by atoms with Gasteiger partial charge < -0.3 is 9.97 Å². The number of hydrogen-bond donors (Lipinski definition) is 0. The van der Waals surface area contributed by atoms with Gasteiger partial charge in [-0.1, -0.05) is 48.0 Å². The fourth-order valence-electron chi connectivity index (χ4n) is 3.39. The molecule has 0 atom stereocenters. The van der Waals surface area contributed by atoms with E-state index in [4.69, 9.17) is 0 Å². The molecule has 0 aliphatic heterocycles. The summed E-state index contributed by atoms with van der Waals surface area (Å²) in [7, 11) is 0. The first-order chi connectivity index (χ1) is 15.7. The minimum absolute atomic E-state index is 0. The molecule has 0 spiro atoms. The summed E-state index contributed by atoms with van der Waals surface area (Å²) in [5.41, 5.74) is 6.11. The minimum Gasteiger partial charge on any atom is -0.305 e. The summed E-state index contributed by atoms with van der Waals surface area (Å²) in [5.74, 6) is -0.303. The maximum atomic E-state index is 14.0. The smallest absolute Gasteiger partial charge is 0.0381 e. The topological polar surface area (TPSA) is 25.8 Å². The van der Waals surface area contributed by atoms with Crippen LogP contribution < -0.4 is 0 Å². The summed E-state index contributed by atoms with van der Waals surface area (Å²) in [6.07, 6.45) is 3.49. The SMILES string of the molecule is Cc1ccnc(-c2[c-]cccc2F)c1-c1ccccc1.[Ir].[c-]1ccccc1-c1ccccn1. The van der Waals surface area contributed by atoms with Crippen molar-refractivity contribution >= 4 is 0 Å². The Morgan fingerprint density at radius 1 is 0.697 bits per heavy atom. The van der Waals surface area contributed by atoms with Gasteiger partial charge in [-0.25, -0.2) is 0 Å². The Hall–Kier alpha value is -3.46. The molecule has 0 N–H and O–H groups in total. The molecule has 0 saturated carbocycles. The number of halogens is 1. The molecule has 4 heteroatoms. The largest absolute Gasteiger partial charge is 0.305 e. The summed E-state index contributed by atoms with van der Waals surface area (Å²) in [4.78, 5) is 8.59. The summed E-state index contributed by atoms with van der Waals surface area (Å²) in [6.45, 7) is 2.01. The van der Waals surface area contributed by atoms with E-state index < -0.39 is 0 Å². The van der Waals surface area contributed by atoms with Crippen LogP contribution >= 0.6 is 0 Å². The maximum Gasteiger partial charge on any atom is 0.0381 e. The van der Waals surface area contributed by atoms with E-state index in [2.05, 4.69) is 22.1 Å². The van der Waals surface area contributed by atoms with Gasteiger partial charge in [-0.3, -0.25) is 4.39 Å². The third kappa shape index (κ3) is 6.07. The molecular formula is C29H21FIrN2-2. The second-order valence-electron chi connectivity index (χ2n) is 7.10. The zero-order valence-electron chi connectivity index (χ0n) is 18.0. The van der Waals surface area contributed by atoms with Gasteiger partial charge in [0.1, 0.15) is 0 Å². The first-order valence-corrected chi connectivity index (χ1v) is 10.3. The van der Waals surface area contributed by atoms with E-state index in [-0.39, 0.29) is 25.9 Å². The minimum atomic E-state index is -0.303. The van der Waals surface area contributed by atoms with Crippen LogP contribution in [-0.2, 0) is 20.1 Å². The van der Waals surface area contributed by atoms with Crippen molar-refractivity contribution in [2.45, 2.75) is 6.92 Å². The molecule has 0 saturated heterocycles. The van der Waals surface area contributed by atoms with Gasteiger partial charge in [0.05, 0.1) is 0 Å². The van der Waals surface area contributed by atoms with E-state index in [1.54, 1.807) is 24.5 Å². The number of pyridine rings is 2. The third-order valence-corrected chi connectivity index (χ3v) is 4.91. The number of hydrogen-bond acceptors (Lipinski definition) is 2. The molecule has 2 heterocycles. The van der Waals surface area contributed by atoms with Crippen LogP contribution in [0.15, 0.2) is 109 Å². The average Bonchev–Trinajstić information content (AvgIpc) is 2.86. The quantitative estimate of drug-likeness (QED) is 0.202. The molecular weight excluding hydrogens is 588 g/mol. The molecule has 1 radical (unpaired) electrons. The van der Waals surface area contributed by atoms with Gasteiger partial charge in [0.25, 0.3) is 0 Å².